The summed E-state index contributed by atoms with van der Waals surface area (Å²) in [7, 11) is 0. The van der Waals surface area contributed by atoms with Gasteiger partial charge in [-0.2, -0.15) is 3.97 Å². The molecule has 3 aromatic heterocycles. The molecule has 1 unspecified atom stereocenters. The Hall–Kier alpha value is -3.47. The molecule has 0 aliphatic heterocycles. The Bertz CT molecular complexity index is 1310. The number of benzene rings is 1. The van der Waals surface area contributed by atoms with E-state index in [0.717, 1.165) is 41.6 Å². The van der Waals surface area contributed by atoms with E-state index in [2.05, 4.69) is 27.5 Å². The van der Waals surface area contributed by atoms with Crippen LogP contribution >= 0.6 is 11.3 Å². The lowest BCUT2D eigenvalue weighted by Crippen LogP contribution is -2.32. The fourth-order valence-electron chi connectivity index (χ4n) is 3.51. The molecule has 186 valence electrons. The minimum atomic E-state index is -1.20. The first-order valence-electron chi connectivity index (χ1n) is 11.6. The molecule has 2 N–H and O–H groups in total. The summed E-state index contributed by atoms with van der Waals surface area (Å²) in [6.45, 7) is 1.89. The van der Waals surface area contributed by atoms with E-state index in [1.807, 2.05) is 41.8 Å². The summed E-state index contributed by atoms with van der Waals surface area (Å²) in [6, 6.07) is 13.5. The van der Waals surface area contributed by atoms with Crippen molar-refractivity contribution in [2.45, 2.75) is 26.2 Å². The van der Waals surface area contributed by atoms with E-state index in [4.69, 9.17) is 0 Å². The van der Waals surface area contributed by atoms with E-state index in [9.17, 15) is 14.1 Å². The van der Waals surface area contributed by atoms with Crippen LogP contribution in [0.5, 0.6) is 0 Å². The van der Waals surface area contributed by atoms with Gasteiger partial charge in [-0.25, -0.2) is 4.98 Å². The van der Waals surface area contributed by atoms with Crippen LogP contribution in [0.1, 0.15) is 36.5 Å². The van der Waals surface area contributed by atoms with Crippen LogP contribution in [0.2, 0.25) is 0 Å². The lowest BCUT2D eigenvalue weighted by Gasteiger charge is -2.09. The number of hydrogen-bond donors (Lipinski definition) is 2. The number of anilines is 1. The summed E-state index contributed by atoms with van der Waals surface area (Å²) in [5, 5.41) is 7.65. The first kappa shape index (κ1) is 25.6. The average molecular weight is 522 g/mol. The molecule has 3 heterocycles. The number of nitrogens with one attached hydrogen (secondary N) is 2. The van der Waals surface area contributed by atoms with Gasteiger partial charge < -0.3 is 15.2 Å². The van der Waals surface area contributed by atoms with Crippen molar-refractivity contribution in [1.82, 2.24) is 19.3 Å². The topological polar surface area (TPSA) is 112 Å². The number of amides is 2. The van der Waals surface area contributed by atoms with Gasteiger partial charge in [-0.15, -0.1) is 11.3 Å². The molecule has 0 radical (unpaired) electrons. The van der Waals surface area contributed by atoms with E-state index < -0.39 is 17.3 Å². The quantitative estimate of drug-likeness (QED) is 0.219. The number of hydrogen-bond acceptors (Lipinski definition) is 6. The van der Waals surface area contributed by atoms with Crippen LogP contribution in [-0.2, 0) is 16.2 Å². The van der Waals surface area contributed by atoms with E-state index in [-0.39, 0.29) is 12.5 Å². The maximum absolute atomic E-state index is 12.4. The van der Waals surface area contributed by atoms with Crippen LogP contribution in [0.15, 0.2) is 72.6 Å². The van der Waals surface area contributed by atoms with Crippen molar-refractivity contribution in [3.8, 4) is 22.4 Å². The Morgan fingerprint density at radius 1 is 1.08 bits per heavy atom. The van der Waals surface area contributed by atoms with E-state index in [1.54, 1.807) is 30.9 Å². The van der Waals surface area contributed by atoms with Crippen LogP contribution in [0.25, 0.3) is 22.4 Å². The van der Waals surface area contributed by atoms with Crippen molar-refractivity contribution in [3.63, 3.8) is 0 Å². The number of pyridine rings is 1. The molecule has 8 nitrogen and oxygen atoms in total. The summed E-state index contributed by atoms with van der Waals surface area (Å²) in [5.41, 5.74) is 4.16. The smallest absolute Gasteiger partial charge is 0.253 e. The minimum Gasteiger partial charge on any atom is -0.593 e. The molecule has 2 amide bonds. The second-order valence-corrected chi connectivity index (χ2v) is 10.4. The monoisotopic (exact) mass is 521 g/mol. The van der Waals surface area contributed by atoms with Crippen LogP contribution in [0, 0.1) is 0 Å². The Morgan fingerprint density at radius 3 is 2.69 bits per heavy atom. The molecular weight excluding hydrogens is 494 g/mol. The Balaban J connectivity index is 1.29. The minimum absolute atomic E-state index is 0.198. The van der Waals surface area contributed by atoms with Crippen LogP contribution in [0.4, 0.5) is 5.13 Å². The molecule has 0 fully saturated rings. The average Bonchev–Trinajstić information content (AvgIpc) is 3.58. The summed E-state index contributed by atoms with van der Waals surface area (Å²) in [4.78, 5) is 33.4. The van der Waals surface area contributed by atoms with Crippen LogP contribution in [0.3, 0.4) is 0 Å². The third-order valence-corrected chi connectivity index (χ3v) is 7.51. The molecule has 1 aromatic carbocycles. The fraction of sp³-hybridized carbons (Fsp3) is 0.231. The lowest BCUT2D eigenvalue weighted by atomic mass is 10.0. The maximum Gasteiger partial charge on any atom is 0.253 e. The molecule has 1 atom stereocenters. The zero-order chi connectivity index (χ0) is 25.3. The first-order valence-corrected chi connectivity index (χ1v) is 13.8. The lowest BCUT2D eigenvalue weighted by molar-refractivity contribution is -0.115. The van der Waals surface area contributed by atoms with Gasteiger partial charge in [0, 0.05) is 23.3 Å². The normalized spacial score (nSPS) is 11.7. The van der Waals surface area contributed by atoms with Crippen molar-refractivity contribution in [2.75, 3.05) is 17.6 Å². The summed E-state index contributed by atoms with van der Waals surface area (Å²) < 4.78 is 13.8. The number of carbonyl (C=O) groups is 2. The summed E-state index contributed by atoms with van der Waals surface area (Å²) in [5.74, 6) is -0.227. The van der Waals surface area contributed by atoms with E-state index >= 15 is 0 Å². The molecule has 0 spiro atoms. The Kier molecular flexibility index (Phi) is 8.88. The van der Waals surface area contributed by atoms with E-state index in [0.29, 0.717) is 16.4 Å². The SMILES string of the molecule is CCCCC[S+]([O-])n1ccc(C(=O)NCC(=O)Nc2nc(-c3cccc(-c4ccncc4)c3)cs2)c1. The van der Waals surface area contributed by atoms with Crippen molar-refractivity contribution in [3.05, 3.63) is 78.2 Å². The molecule has 0 bridgehead atoms. The fourth-order valence-corrected chi connectivity index (χ4v) is 5.34. The van der Waals surface area contributed by atoms with Gasteiger partial charge in [-0.1, -0.05) is 31.5 Å². The zero-order valence-electron chi connectivity index (χ0n) is 19.8. The number of carbonyl (C=O) groups excluding carboxylic acids is 2. The van der Waals surface area contributed by atoms with Crippen molar-refractivity contribution in [1.29, 1.82) is 0 Å². The van der Waals surface area contributed by atoms with Gasteiger partial charge in [-0.05, 0) is 48.2 Å². The molecule has 36 heavy (non-hydrogen) atoms. The van der Waals surface area contributed by atoms with Gasteiger partial charge >= 0.3 is 0 Å². The van der Waals surface area contributed by atoms with Crippen molar-refractivity contribution >= 4 is 39.6 Å². The molecule has 0 saturated heterocycles. The zero-order valence-corrected chi connectivity index (χ0v) is 21.5. The maximum atomic E-state index is 12.4. The number of aromatic nitrogens is 3. The third kappa shape index (κ3) is 6.81. The highest BCUT2D eigenvalue weighted by Crippen LogP contribution is 2.28. The van der Waals surface area contributed by atoms with Crippen molar-refractivity contribution in [2.24, 2.45) is 0 Å². The second kappa shape index (κ2) is 12.5. The molecule has 0 aliphatic carbocycles. The van der Waals surface area contributed by atoms with Gasteiger partial charge in [-0.3, -0.25) is 14.6 Å². The molecule has 0 saturated carbocycles. The molecule has 4 rings (SSSR count). The molecule has 10 heteroatoms. The second-order valence-electron chi connectivity index (χ2n) is 8.08. The summed E-state index contributed by atoms with van der Waals surface area (Å²) >= 11 is 0.118. The highest BCUT2D eigenvalue weighted by Gasteiger charge is 2.15. The van der Waals surface area contributed by atoms with Gasteiger partial charge in [0.25, 0.3) is 5.91 Å². The van der Waals surface area contributed by atoms with Gasteiger partial charge in [0.05, 0.1) is 41.6 Å². The summed E-state index contributed by atoms with van der Waals surface area (Å²) in [6.07, 6.45) is 9.62. The van der Waals surface area contributed by atoms with E-state index in [1.165, 1.54) is 15.3 Å². The molecule has 0 aliphatic rings. The predicted octanol–water partition coefficient (Wildman–Crippen LogP) is 4.74. The van der Waals surface area contributed by atoms with Crippen LogP contribution < -0.4 is 10.6 Å². The number of thiazole rings is 1. The Labute approximate surface area is 217 Å². The van der Waals surface area contributed by atoms with Gasteiger partial charge in [0.1, 0.15) is 5.75 Å². The predicted molar refractivity (Wildman–Crippen MR) is 144 cm³/mol. The number of rotatable bonds is 11. The Morgan fingerprint density at radius 2 is 1.89 bits per heavy atom. The van der Waals surface area contributed by atoms with Crippen molar-refractivity contribution < 1.29 is 14.1 Å². The van der Waals surface area contributed by atoms with Crippen LogP contribution in [-0.4, -0.2) is 42.6 Å². The van der Waals surface area contributed by atoms with Gasteiger partial charge in [0.15, 0.2) is 5.13 Å². The molecular formula is C26H27N5O3S2. The number of unbranched alkanes of at least 4 members (excludes halogenated alkanes) is 2. The highest BCUT2D eigenvalue weighted by molar-refractivity contribution is 7.89. The largest absolute Gasteiger partial charge is 0.593 e. The standard InChI is InChI=1S/C26H27N5O3S2/c1-2-3-4-14-36(34)31-13-10-22(17-31)25(33)28-16-24(32)30-26-29-23(18-35-26)21-7-5-6-20(15-21)19-8-11-27-12-9-19/h5-13,15,17-18H,2-4,14,16H2,1H3,(H,28,33)(H,29,30,32). The van der Waals surface area contributed by atoms with Gasteiger partial charge in [0.2, 0.25) is 5.91 Å². The first-order chi connectivity index (χ1) is 17.5. The third-order valence-electron chi connectivity index (χ3n) is 5.42. The molecule has 4 aromatic rings. The highest BCUT2D eigenvalue weighted by atomic mass is 32.2. The number of nitrogens with zero attached hydrogens (tertiary/aromatic N) is 3.